The number of aromatic carboxylic acids is 1. The minimum Gasteiger partial charge on any atom is -0.545 e. The van der Waals surface area contributed by atoms with Gasteiger partial charge in [-0.2, -0.15) is 0 Å². The van der Waals surface area contributed by atoms with Gasteiger partial charge in [0.15, 0.2) is 0 Å². The molecule has 0 aromatic carbocycles. The summed E-state index contributed by atoms with van der Waals surface area (Å²) in [6, 6.07) is 0. The topological polar surface area (TPSA) is 81.7 Å². The molecule has 0 unspecified atom stereocenters. The van der Waals surface area contributed by atoms with Crippen LogP contribution < -0.4 is 5.11 Å². The van der Waals surface area contributed by atoms with Crippen LogP contribution in [0.3, 0.4) is 0 Å². The number of halogens is 1. The van der Waals surface area contributed by atoms with Gasteiger partial charge in [0.05, 0.1) is 11.4 Å². The standard InChI is InChI=1S/C7H4ClN3O2/c8-5-4-3(7(12)13)1-9-6(4)11-2-10-5/h1-2H,(H,12,13)(H,9,10,11)/p-1. The molecule has 66 valence electrons. The van der Waals surface area contributed by atoms with Crippen LogP contribution in [0.25, 0.3) is 11.0 Å². The average molecular weight is 197 g/mol. The number of nitrogens with zero attached hydrogens (tertiary/aromatic N) is 2. The number of aromatic amines is 1. The van der Waals surface area contributed by atoms with Crippen molar-refractivity contribution in [2.75, 3.05) is 0 Å². The third kappa shape index (κ3) is 1.13. The maximum atomic E-state index is 10.6. The number of carboxylic acids is 1. The lowest BCUT2D eigenvalue weighted by Gasteiger charge is -1.98. The molecule has 2 rings (SSSR count). The number of carbonyl (C=O) groups is 1. The zero-order valence-electron chi connectivity index (χ0n) is 6.24. The minimum absolute atomic E-state index is 0.0272. The van der Waals surface area contributed by atoms with Crippen molar-refractivity contribution in [2.45, 2.75) is 0 Å². The van der Waals surface area contributed by atoms with Gasteiger partial charge in [-0.25, -0.2) is 9.97 Å². The van der Waals surface area contributed by atoms with E-state index in [9.17, 15) is 9.90 Å². The van der Waals surface area contributed by atoms with E-state index in [0.29, 0.717) is 5.65 Å². The summed E-state index contributed by atoms with van der Waals surface area (Å²) in [5.41, 5.74) is 0.361. The van der Waals surface area contributed by atoms with Crippen LogP contribution in [-0.4, -0.2) is 20.9 Å². The number of carbonyl (C=O) groups excluding carboxylic acids is 1. The molecule has 0 fully saturated rings. The summed E-state index contributed by atoms with van der Waals surface area (Å²) >= 11 is 5.69. The molecule has 0 amide bonds. The van der Waals surface area contributed by atoms with Gasteiger partial charge >= 0.3 is 0 Å². The van der Waals surface area contributed by atoms with E-state index in [4.69, 9.17) is 11.6 Å². The summed E-state index contributed by atoms with van der Waals surface area (Å²) in [5, 5.41) is 11.0. The maximum absolute atomic E-state index is 10.6. The molecule has 5 nitrogen and oxygen atoms in total. The van der Waals surface area contributed by atoms with Crippen molar-refractivity contribution in [3.63, 3.8) is 0 Å². The van der Waals surface area contributed by atoms with Crippen LogP contribution in [-0.2, 0) is 0 Å². The lowest BCUT2D eigenvalue weighted by atomic mass is 10.2. The largest absolute Gasteiger partial charge is 0.545 e. The second-order valence-corrected chi connectivity index (χ2v) is 2.74. The number of hydrogen-bond donors (Lipinski definition) is 1. The van der Waals surface area contributed by atoms with Gasteiger partial charge in [0, 0.05) is 11.8 Å². The summed E-state index contributed by atoms with van der Waals surface area (Å²) in [6.45, 7) is 0. The van der Waals surface area contributed by atoms with E-state index >= 15 is 0 Å². The van der Waals surface area contributed by atoms with Crippen LogP contribution in [0.1, 0.15) is 10.4 Å². The Morgan fingerprint density at radius 2 is 2.31 bits per heavy atom. The highest BCUT2D eigenvalue weighted by molar-refractivity contribution is 6.35. The zero-order chi connectivity index (χ0) is 9.42. The Morgan fingerprint density at radius 1 is 1.54 bits per heavy atom. The SMILES string of the molecule is O=C([O-])c1c[nH]c2ncnc(Cl)c12. The van der Waals surface area contributed by atoms with Gasteiger partial charge in [-0.05, 0) is 0 Å². The first-order valence-corrected chi connectivity index (χ1v) is 3.77. The molecule has 0 spiro atoms. The molecule has 0 saturated carbocycles. The van der Waals surface area contributed by atoms with Crippen molar-refractivity contribution in [2.24, 2.45) is 0 Å². The first-order valence-electron chi connectivity index (χ1n) is 3.39. The molecule has 0 aliphatic heterocycles. The van der Waals surface area contributed by atoms with E-state index in [1.165, 1.54) is 12.5 Å². The summed E-state index contributed by atoms with van der Waals surface area (Å²) in [4.78, 5) is 20.7. The molecule has 0 atom stereocenters. The molecule has 2 aromatic rings. The molecular weight excluding hydrogens is 194 g/mol. The first kappa shape index (κ1) is 8.00. The lowest BCUT2D eigenvalue weighted by Crippen LogP contribution is -2.21. The fourth-order valence-corrected chi connectivity index (χ4v) is 1.32. The van der Waals surface area contributed by atoms with Crippen LogP contribution >= 0.6 is 11.6 Å². The molecule has 0 saturated heterocycles. The van der Waals surface area contributed by atoms with E-state index in [1.54, 1.807) is 0 Å². The molecular formula is C7H3ClN3O2-. The van der Waals surface area contributed by atoms with E-state index in [1.807, 2.05) is 0 Å². The van der Waals surface area contributed by atoms with Gasteiger partial charge in [-0.3, -0.25) is 0 Å². The van der Waals surface area contributed by atoms with Crippen molar-refractivity contribution < 1.29 is 9.90 Å². The molecule has 2 heterocycles. The van der Waals surface area contributed by atoms with Crippen molar-refractivity contribution in [3.8, 4) is 0 Å². The number of hydrogen-bond acceptors (Lipinski definition) is 4. The monoisotopic (exact) mass is 196 g/mol. The van der Waals surface area contributed by atoms with Gasteiger partial charge in [0.2, 0.25) is 0 Å². The Kier molecular flexibility index (Phi) is 1.66. The van der Waals surface area contributed by atoms with Gasteiger partial charge in [-0.15, -0.1) is 0 Å². The fraction of sp³-hybridized carbons (Fsp3) is 0. The predicted octanol–water partition coefficient (Wildman–Crippen LogP) is -0.0252. The number of carboxylic acid groups (broad SMARTS) is 1. The van der Waals surface area contributed by atoms with Crippen LogP contribution in [0, 0.1) is 0 Å². The highest BCUT2D eigenvalue weighted by Gasteiger charge is 2.09. The number of fused-ring (bicyclic) bond motifs is 1. The van der Waals surface area contributed by atoms with E-state index in [2.05, 4.69) is 15.0 Å². The fourth-order valence-electron chi connectivity index (χ4n) is 1.09. The summed E-state index contributed by atoms with van der Waals surface area (Å²) in [5.74, 6) is -1.30. The smallest absolute Gasteiger partial charge is 0.142 e. The van der Waals surface area contributed by atoms with Crippen molar-refractivity contribution in [1.29, 1.82) is 0 Å². The van der Waals surface area contributed by atoms with Crippen molar-refractivity contribution in [1.82, 2.24) is 15.0 Å². The Labute approximate surface area is 77.4 Å². The third-order valence-electron chi connectivity index (χ3n) is 1.64. The molecule has 0 radical (unpaired) electrons. The molecule has 0 bridgehead atoms. The first-order chi connectivity index (χ1) is 6.20. The Bertz CT molecular complexity index is 480. The molecule has 1 N–H and O–H groups in total. The summed E-state index contributed by atoms with van der Waals surface area (Å²) in [6.07, 6.45) is 2.53. The van der Waals surface area contributed by atoms with Gasteiger partial charge in [0.25, 0.3) is 0 Å². The van der Waals surface area contributed by atoms with Crippen LogP contribution in [0.5, 0.6) is 0 Å². The highest BCUT2D eigenvalue weighted by atomic mass is 35.5. The van der Waals surface area contributed by atoms with Gasteiger partial charge in [0.1, 0.15) is 17.1 Å². The van der Waals surface area contributed by atoms with E-state index in [0.717, 1.165) is 0 Å². The van der Waals surface area contributed by atoms with Crippen molar-refractivity contribution >= 4 is 28.6 Å². The maximum Gasteiger partial charge on any atom is 0.142 e. The normalized spacial score (nSPS) is 10.5. The van der Waals surface area contributed by atoms with Crippen molar-refractivity contribution in [3.05, 3.63) is 23.2 Å². The third-order valence-corrected chi connectivity index (χ3v) is 1.93. The van der Waals surface area contributed by atoms with Gasteiger partial charge in [-0.1, -0.05) is 11.6 Å². The molecule has 13 heavy (non-hydrogen) atoms. The zero-order valence-corrected chi connectivity index (χ0v) is 7.00. The van der Waals surface area contributed by atoms with Crippen LogP contribution in [0.2, 0.25) is 5.15 Å². The minimum atomic E-state index is -1.30. The predicted molar refractivity (Wildman–Crippen MR) is 43.2 cm³/mol. The van der Waals surface area contributed by atoms with E-state index in [-0.39, 0.29) is 16.1 Å². The molecule has 0 aliphatic rings. The molecule has 6 heteroatoms. The second kappa shape index (κ2) is 2.70. The second-order valence-electron chi connectivity index (χ2n) is 2.38. The Balaban J connectivity index is 2.86. The number of H-pyrrole nitrogens is 1. The molecule has 2 aromatic heterocycles. The van der Waals surface area contributed by atoms with Crippen LogP contribution in [0.15, 0.2) is 12.5 Å². The average Bonchev–Trinajstić information content (AvgIpc) is 2.49. The lowest BCUT2D eigenvalue weighted by molar-refractivity contribution is -0.254. The van der Waals surface area contributed by atoms with Crippen LogP contribution in [0.4, 0.5) is 0 Å². The van der Waals surface area contributed by atoms with Gasteiger partial charge < -0.3 is 14.9 Å². The van der Waals surface area contributed by atoms with E-state index < -0.39 is 5.97 Å². The summed E-state index contributed by atoms with van der Waals surface area (Å²) < 4.78 is 0. The number of rotatable bonds is 1. The number of aromatic nitrogens is 3. The highest BCUT2D eigenvalue weighted by Crippen LogP contribution is 2.21. The summed E-state index contributed by atoms with van der Waals surface area (Å²) in [7, 11) is 0. The number of nitrogens with one attached hydrogen (secondary N) is 1. The Hall–Kier alpha value is -1.62. The quantitative estimate of drug-likeness (QED) is 0.650. The Morgan fingerprint density at radius 3 is 3.00 bits per heavy atom. The molecule has 0 aliphatic carbocycles.